The lowest BCUT2D eigenvalue weighted by atomic mass is 10.1. The van der Waals surface area contributed by atoms with Crippen LogP contribution in [-0.4, -0.2) is 21.4 Å². The minimum absolute atomic E-state index is 0.387. The number of thiophene rings is 1. The summed E-state index contributed by atoms with van der Waals surface area (Å²) in [6.07, 6.45) is 3.96. The molecule has 1 aliphatic heterocycles. The molecular formula is C14H18N4S. The molecule has 0 saturated carbocycles. The van der Waals surface area contributed by atoms with E-state index in [9.17, 15) is 0 Å². The Labute approximate surface area is 117 Å². The Morgan fingerprint density at radius 2 is 2.21 bits per heavy atom. The number of hydrogen-bond acceptors (Lipinski definition) is 5. The molecule has 100 valence electrons. The van der Waals surface area contributed by atoms with E-state index < -0.39 is 0 Å². The molecule has 0 amide bonds. The van der Waals surface area contributed by atoms with E-state index in [0.29, 0.717) is 5.95 Å². The van der Waals surface area contributed by atoms with Crippen LogP contribution in [0, 0.1) is 0 Å². The van der Waals surface area contributed by atoms with E-state index in [1.165, 1.54) is 15.3 Å². The van der Waals surface area contributed by atoms with Crippen LogP contribution in [0.5, 0.6) is 0 Å². The van der Waals surface area contributed by atoms with Gasteiger partial charge in [-0.2, -0.15) is 0 Å². The maximum Gasteiger partial charge on any atom is 0.220 e. The zero-order valence-corrected chi connectivity index (χ0v) is 11.9. The normalized spacial score (nSPS) is 15.4. The number of rotatable bonds is 3. The topological polar surface area (TPSA) is 55.0 Å². The van der Waals surface area contributed by atoms with Gasteiger partial charge in [0.15, 0.2) is 0 Å². The first-order valence-corrected chi connectivity index (χ1v) is 7.46. The van der Waals surface area contributed by atoms with E-state index in [1.54, 1.807) is 0 Å². The Bertz CT molecular complexity index is 579. The first-order valence-electron chi connectivity index (χ1n) is 6.65. The predicted octanol–water partition coefficient (Wildman–Crippen LogP) is 2.24. The van der Waals surface area contributed by atoms with Crippen molar-refractivity contribution in [2.75, 3.05) is 12.3 Å². The first-order chi connectivity index (χ1) is 9.24. The zero-order chi connectivity index (χ0) is 13.2. The van der Waals surface area contributed by atoms with Crippen molar-refractivity contribution in [2.45, 2.75) is 32.9 Å². The molecule has 2 N–H and O–H groups in total. The zero-order valence-electron chi connectivity index (χ0n) is 11.1. The van der Waals surface area contributed by atoms with Crippen LogP contribution < -0.4 is 5.73 Å². The molecule has 2 aromatic heterocycles. The Kier molecular flexibility index (Phi) is 3.48. The highest BCUT2D eigenvalue weighted by Crippen LogP contribution is 2.23. The number of aromatic nitrogens is 2. The molecule has 4 nitrogen and oxygen atoms in total. The molecule has 0 atom stereocenters. The number of anilines is 1. The third-order valence-corrected chi connectivity index (χ3v) is 4.69. The molecule has 2 aromatic rings. The fourth-order valence-corrected chi connectivity index (χ4v) is 3.44. The summed E-state index contributed by atoms with van der Waals surface area (Å²) in [4.78, 5) is 13.8. The van der Waals surface area contributed by atoms with Crippen LogP contribution in [0.4, 0.5) is 5.95 Å². The smallest absolute Gasteiger partial charge is 0.220 e. The van der Waals surface area contributed by atoms with Crippen LogP contribution in [0.1, 0.15) is 27.9 Å². The number of nitrogen functional groups attached to an aromatic ring is 1. The Morgan fingerprint density at radius 1 is 1.37 bits per heavy atom. The van der Waals surface area contributed by atoms with Gasteiger partial charge < -0.3 is 5.73 Å². The summed E-state index contributed by atoms with van der Waals surface area (Å²) in [5, 5.41) is 0. The van der Waals surface area contributed by atoms with Gasteiger partial charge in [0.05, 0.1) is 5.69 Å². The fraction of sp³-hybridized carbons (Fsp3) is 0.429. The lowest BCUT2D eigenvalue weighted by Gasteiger charge is -2.27. The van der Waals surface area contributed by atoms with Crippen LogP contribution in [0.15, 0.2) is 18.3 Å². The molecule has 0 aromatic carbocycles. The maximum absolute atomic E-state index is 5.62. The van der Waals surface area contributed by atoms with Crippen LogP contribution >= 0.6 is 11.3 Å². The number of nitrogens with two attached hydrogens (primary N) is 1. The highest BCUT2D eigenvalue weighted by atomic mass is 32.1. The van der Waals surface area contributed by atoms with Crippen molar-refractivity contribution < 1.29 is 0 Å². The van der Waals surface area contributed by atoms with Crippen molar-refractivity contribution in [3.8, 4) is 0 Å². The van der Waals surface area contributed by atoms with E-state index in [2.05, 4.69) is 33.9 Å². The van der Waals surface area contributed by atoms with E-state index in [4.69, 9.17) is 5.73 Å². The summed E-state index contributed by atoms with van der Waals surface area (Å²) in [6, 6.07) is 4.49. The summed E-state index contributed by atoms with van der Waals surface area (Å²) in [7, 11) is 0. The molecule has 0 unspecified atom stereocenters. The minimum atomic E-state index is 0.387. The van der Waals surface area contributed by atoms with Crippen LogP contribution in [0.25, 0.3) is 0 Å². The maximum atomic E-state index is 5.62. The summed E-state index contributed by atoms with van der Waals surface area (Å²) < 4.78 is 0. The SMILES string of the molecule is CCc1ccc(CN2CCc3nc(N)ncc3C2)s1. The molecule has 1 aliphatic rings. The molecule has 0 radical (unpaired) electrons. The van der Waals surface area contributed by atoms with Crippen molar-refractivity contribution in [3.63, 3.8) is 0 Å². The number of aryl methyl sites for hydroxylation is 1. The highest BCUT2D eigenvalue weighted by Gasteiger charge is 2.18. The van der Waals surface area contributed by atoms with Crippen molar-refractivity contribution >= 4 is 17.3 Å². The largest absolute Gasteiger partial charge is 0.368 e. The van der Waals surface area contributed by atoms with Crippen LogP contribution in [-0.2, 0) is 25.9 Å². The second-order valence-corrected chi connectivity index (χ2v) is 6.14. The van der Waals surface area contributed by atoms with Gasteiger partial charge in [0, 0.05) is 47.6 Å². The van der Waals surface area contributed by atoms with E-state index in [-0.39, 0.29) is 0 Å². The second-order valence-electron chi connectivity index (χ2n) is 4.88. The minimum Gasteiger partial charge on any atom is -0.368 e. The molecule has 0 spiro atoms. The quantitative estimate of drug-likeness (QED) is 0.932. The average molecular weight is 274 g/mol. The third-order valence-electron chi connectivity index (χ3n) is 3.48. The molecule has 3 rings (SSSR count). The molecule has 0 aliphatic carbocycles. The molecule has 5 heteroatoms. The Balaban J connectivity index is 1.70. The molecule has 0 saturated heterocycles. The second kappa shape index (κ2) is 5.27. The molecule has 19 heavy (non-hydrogen) atoms. The number of nitrogens with zero attached hydrogens (tertiary/aromatic N) is 3. The Hall–Kier alpha value is -1.46. The van der Waals surface area contributed by atoms with Gasteiger partial charge in [0.1, 0.15) is 0 Å². The van der Waals surface area contributed by atoms with Gasteiger partial charge in [-0.15, -0.1) is 11.3 Å². The van der Waals surface area contributed by atoms with Crippen LogP contribution in [0.2, 0.25) is 0 Å². The number of hydrogen-bond donors (Lipinski definition) is 1. The standard InChI is InChI=1S/C14H18N4S/c1-2-11-3-4-12(19-11)9-18-6-5-13-10(8-18)7-16-14(15)17-13/h3-4,7H,2,5-6,8-9H2,1H3,(H2,15,16,17). The summed E-state index contributed by atoms with van der Waals surface area (Å²) in [6.45, 7) is 5.20. The third kappa shape index (κ3) is 2.77. The van der Waals surface area contributed by atoms with Crippen LogP contribution in [0.3, 0.4) is 0 Å². The highest BCUT2D eigenvalue weighted by molar-refractivity contribution is 7.11. The fourth-order valence-electron chi connectivity index (χ4n) is 2.44. The van der Waals surface area contributed by atoms with Gasteiger partial charge in [-0.05, 0) is 18.6 Å². The lowest BCUT2D eigenvalue weighted by Crippen LogP contribution is -2.30. The lowest BCUT2D eigenvalue weighted by molar-refractivity contribution is 0.245. The Morgan fingerprint density at radius 3 is 3.00 bits per heavy atom. The molecule has 0 fully saturated rings. The van der Waals surface area contributed by atoms with E-state index in [0.717, 1.165) is 38.2 Å². The summed E-state index contributed by atoms with van der Waals surface area (Å²) in [5.74, 6) is 0.387. The van der Waals surface area contributed by atoms with Gasteiger partial charge in [-0.3, -0.25) is 4.90 Å². The first kappa shape index (κ1) is 12.6. The number of fused-ring (bicyclic) bond motifs is 1. The van der Waals surface area contributed by atoms with Crippen molar-refractivity contribution in [3.05, 3.63) is 39.3 Å². The van der Waals surface area contributed by atoms with E-state index in [1.807, 2.05) is 17.5 Å². The van der Waals surface area contributed by atoms with Crippen molar-refractivity contribution in [1.29, 1.82) is 0 Å². The summed E-state index contributed by atoms with van der Waals surface area (Å²) in [5.41, 5.74) is 7.95. The van der Waals surface area contributed by atoms with Gasteiger partial charge in [0.2, 0.25) is 5.95 Å². The van der Waals surface area contributed by atoms with Crippen molar-refractivity contribution in [2.24, 2.45) is 0 Å². The monoisotopic (exact) mass is 274 g/mol. The molecule has 3 heterocycles. The van der Waals surface area contributed by atoms with Crippen molar-refractivity contribution in [1.82, 2.24) is 14.9 Å². The van der Waals surface area contributed by atoms with Gasteiger partial charge in [-0.1, -0.05) is 6.92 Å². The summed E-state index contributed by atoms with van der Waals surface area (Å²) >= 11 is 1.92. The van der Waals surface area contributed by atoms with E-state index >= 15 is 0 Å². The molecular weight excluding hydrogens is 256 g/mol. The van der Waals surface area contributed by atoms with Gasteiger partial charge >= 0.3 is 0 Å². The average Bonchev–Trinajstić information content (AvgIpc) is 2.86. The molecule has 0 bridgehead atoms. The van der Waals surface area contributed by atoms with Gasteiger partial charge in [0.25, 0.3) is 0 Å². The van der Waals surface area contributed by atoms with Gasteiger partial charge in [-0.25, -0.2) is 9.97 Å². The predicted molar refractivity (Wildman–Crippen MR) is 78.0 cm³/mol.